The fourth-order valence-electron chi connectivity index (χ4n) is 1.27. The molecule has 0 unspecified atom stereocenters. The van der Waals surface area contributed by atoms with E-state index in [-0.39, 0.29) is 15.1 Å². The van der Waals surface area contributed by atoms with Gasteiger partial charge >= 0.3 is 0 Å². The molecule has 0 radical (unpaired) electrons. The molecule has 2 rings (SSSR count). The van der Waals surface area contributed by atoms with Crippen molar-refractivity contribution >= 4 is 38.4 Å². The summed E-state index contributed by atoms with van der Waals surface area (Å²) in [5.74, 6) is -0.0426. The highest BCUT2D eigenvalue weighted by Gasteiger charge is 2.15. The molecular weight excluding hydrogens is 286 g/mol. The first-order valence-corrected chi connectivity index (χ1v) is 5.14. The molecule has 1 heterocycles. The van der Waals surface area contributed by atoms with Crippen LogP contribution in [0.15, 0.2) is 16.9 Å². The number of halogens is 3. The predicted molar refractivity (Wildman–Crippen MR) is 58.8 cm³/mol. The van der Waals surface area contributed by atoms with Gasteiger partial charge in [0.05, 0.1) is 17.0 Å². The van der Waals surface area contributed by atoms with Crippen LogP contribution in [0.5, 0.6) is 5.75 Å². The highest BCUT2D eigenvalue weighted by atomic mass is 79.9. The first-order chi connectivity index (χ1) is 7.15. The Morgan fingerprint density at radius 3 is 2.87 bits per heavy atom. The van der Waals surface area contributed by atoms with E-state index in [1.807, 2.05) is 0 Å². The van der Waals surface area contributed by atoms with Crippen LogP contribution in [0.1, 0.15) is 0 Å². The van der Waals surface area contributed by atoms with E-state index in [1.54, 1.807) is 0 Å². The molecule has 2 aromatic rings. The summed E-state index contributed by atoms with van der Waals surface area (Å²) in [6.45, 7) is 0. The molecule has 78 valence electrons. The maximum Gasteiger partial charge on any atom is 0.164 e. The second-order valence-electron chi connectivity index (χ2n) is 2.76. The number of aromatic nitrogens is 2. The molecule has 0 N–H and O–H groups in total. The molecule has 0 aliphatic rings. The van der Waals surface area contributed by atoms with E-state index in [9.17, 15) is 4.39 Å². The summed E-state index contributed by atoms with van der Waals surface area (Å²) in [4.78, 5) is 7.61. The van der Waals surface area contributed by atoms with Crippen molar-refractivity contribution in [2.24, 2.45) is 0 Å². The van der Waals surface area contributed by atoms with Crippen molar-refractivity contribution in [3.8, 4) is 5.75 Å². The largest absolute Gasteiger partial charge is 0.496 e. The first kappa shape index (κ1) is 10.6. The Hall–Kier alpha value is -0.940. The molecule has 0 bridgehead atoms. The number of nitrogens with zero attached hydrogens (tertiary/aromatic N) is 2. The Labute approximate surface area is 98.4 Å². The van der Waals surface area contributed by atoms with Gasteiger partial charge in [-0.05, 0) is 22.0 Å². The van der Waals surface area contributed by atoms with Gasteiger partial charge in [0.2, 0.25) is 0 Å². The van der Waals surface area contributed by atoms with Crippen molar-refractivity contribution in [3.05, 3.63) is 27.8 Å². The molecule has 0 aliphatic heterocycles. The number of methoxy groups -OCH3 is 1. The fourth-order valence-corrected chi connectivity index (χ4v) is 1.90. The van der Waals surface area contributed by atoms with Gasteiger partial charge in [0.1, 0.15) is 22.7 Å². The van der Waals surface area contributed by atoms with E-state index in [1.165, 1.54) is 19.5 Å². The van der Waals surface area contributed by atoms with Crippen LogP contribution in [0.2, 0.25) is 5.15 Å². The SMILES string of the molecule is COc1cc(Br)c(F)c2ncnc(Cl)c12. The van der Waals surface area contributed by atoms with Crippen molar-refractivity contribution in [2.75, 3.05) is 7.11 Å². The van der Waals surface area contributed by atoms with Gasteiger partial charge in [-0.2, -0.15) is 0 Å². The third-order valence-corrected chi connectivity index (χ3v) is 2.81. The zero-order chi connectivity index (χ0) is 11.0. The van der Waals surface area contributed by atoms with Crippen molar-refractivity contribution in [2.45, 2.75) is 0 Å². The average molecular weight is 292 g/mol. The Morgan fingerprint density at radius 2 is 2.20 bits per heavy atom. The summed E-state index contributed by atoms with van der Waals surface area (Å²) in [6, 6.07) is 1.49. The molecule has 3 nitrogen and oxygen atoms in total. The monoisotopic (exact) mass is 290 g/mol. The number of ether oxygens (including phenoxy) is 1. The van der Waals surface area contributed by atoms with Gasteiger partial charge in [-0.15, -0.1) is 0 Å². The molecule has 0 aliphatic carbocycles. The number of benzene rings is 1. The molecule has 0 saturated carbocycles. The van der Waals surface area contributed by atoms with Crippen LogP contribution in [0.4, 0.5) is 4.39 Å². The molecule has 1 aromatic carbocycles. The normalized spacial score (nSPS) is 10.7. The Morgan fingerprint density at radius 1 is 1.47 bits per heavy atom. The number of fused-ring (bicyclic) bond motifs is 1. The van der Waals surface area contributed by atoms with Crippen molar-refractivity contribution < 1.29 is 9.13 Å². The van der Waals surface area contributed by atoms with Gasteiger partial charge in [0, 0.05) is 0 Å². The van der Waals surface area contributed by atoms with E-state index in [2.05, 4.69) is 25.9 Å². The van der Waals surface area contributed by atoms with Crippen LogP contribution in [0, 0.1) is 5.82 Å². The molecule has 6 heteroatoms. The molecule has 0 amide bonds. The lowest BCUT2D eigenvalue weighted by Gasteiger charge is -2.07. The minimum atomic E-state index is -0.477. The van der Waals surface area contributed by atoms with Crippen LogP contribution in [-0.2, 0) is 0 Å². The Bertz CT molecular complexity index is 535. The second kappa shape index (κ2) is 3.90. The van der Waals surface area contributed by atoms with E-state index >= 15 is 0 Å². The molecule has 0 spiro atoms. The van der Waals surface area contributed by atoms with E-state index in [0.717, 1.165) is 0 Å². The average Bonchev–Trinajstić information content (AvgIpc) is 2.23. The van der Waals surface area contributed by atoms with Crippen LogP contribution in [0.25, 0.3) is 10.9 Å². The number of rotatable bonds is 1. The van der Waals surface area contributed by atoms with Gasteiger partial charge in [-0.3, -0.25) is 0 Å². The van der Waals surface area contributed by atoms with Gasteiger partial charge in [0.15, 0.2) is 5.82 Å². The van der Waals surface area contributed by atoms with Crippen LogP contribution in [0.3, 0.4) is 0 Å². The second-order valence-corrected chi connectivity index (χ2v) is 3.98. The summed E-state index contributed by atoms with van der Waals surface area (Å²) in [5, 5.41) is 0.547. The minimum Gasteiger partial charge on any atom is -0.496 e. The first-order valence-electron chi connectivity index (χ1n) is 3.97. The third-order valence-electron chi connectivity index (χ3n) is 1.94. The standard InChI is InChI=1S/C9H5BrClFN2O/c1-15-5-2-4(10)7(12)8-6(5)9(11)14-3-13-8/h2-3H,1H3. The smallest absolute Gasteiger partial charge is 0.164 e. The molecule has 0 atom stereocenters. The maximum absolute atomic E-state index is 13.6. The molecule has 0 saturated heterocycles. The topological polar surface area (TPSA) is 35.0 Å². The highest BCUT2D eigenvalue weighted by molar-refractivity contribution is 9.10. The fraction of sp³-hybridized carbons (Fsp3) is 0.111. The van der Waals surface area contributed by atoms with Crippen molar-refractivity contribution in [3.63, 3.8) is 0 Å². The van der Waals surface area contributed by atoms with E-state index in [0.29, 0.717) is 11.1 Å². The zero-order valence-corrected chi connectivity index (χ0v) is 9.93. The van der Waals surface area contributed by atoms with Gasteiger partial charge in [-0.25, -0.2) is 14.4 Å². The molecule has 15 heavy (non-hydrogen) atoms. The predicted octanol–water partition coefficient (Wildman–Crippen LogP) is 3.19. The highest BCUT2D eigenvalue weighted by Crippen LogP contribution is 2.35. The lowest BCUT2D eigenvalue weighted by molar-refractivity contribution is 0.418. The number of hydrogen-bond donors (Lipinski definition) is 0. The van der Waals surface area contributed by atoms with Crippen molar-refractivity contribution in [1.82, 2.24) is 9.97 Å². The van der Waals surface area contributed by atoms with Crippen LogP contribution >= 0.6 is 27.5 Å². The third kappa shape index (κ3) is 1.66. The Kier molecular flexibility index (Phi) is 2.75. The minimum absolute atomic E-state index is 0.140. The summed E-state index contributed by atoms with van der Waals surface area (Å²) in [5.41, 5.74) is 0.140. The quantitative estimate of drug-likeness (QED) is 0.757. The van der Waals surface area contributed by atoms with E-state index in [4.69, 9.17) is 16.3 Å². The lowest BCUT2D eigenvalue weighted by atomic mass is 10.2. The lowest BCUT2D eigenvalue weighted by Crippen LogP contribution is -1.93. The van der Waals surface area contributed by atoms with E-state index < -0.39 is 5.82 Å². The molecule has 0 fully saturated rings. The zero-order valence-electron chi connectivity index (χ0n) is 7.59. The summed E-state index contributed by atoms with van der Waals surface area (Å²) in [6.07, 6.45) is 1.21. The van der Waals surface area contributed by atoms with Crippen LogP contribution < -0.4 is 4.74 Å². The number of hydrogen-bond acceptors (Lipinski definition) is 3. The molecular formula is C9H5BrClFN2O. The summed E-state index contributed by atoms with van der Waals surface area (Å²) < 4.78 is 19.0. The van der Waals surface area contributed by atoms with Crippen molar-refractivity contribution in [1.29, 1.82) is 0 Å². The van der Waals surface area contributed by atoms with Gasteiger partial charge < -0.3 is 4.74 Å². The maximum atomic E-state index is 13.6. The summed E-state index contributed by atoms with van der Waals surface area (Å²) in [7, 11) is 1.47. The van der Waals surface area contributed by atoms with Gasteiger partial charge in [-0.1, -0.05) is 11.6 Å². The molecule has 1 aromatic heterocycles. The summed E-state index contributed by atoms with van der Waals surface area (Å²) >= 11 is 8.93. The van der Waals surface area contributed by atoms with Gasteiger partial charge in [0.25, 0.3) is 0 Å². The van der Waals surface area contributed by atoms with Crippen LogP contribution in [-0.4, -0.2) is 17.1 Å². The Balaban J connectivity index is 2.96.